The zero-order valence-corrected chi connectivity index (χ0v) is 14.1. The fraction of sp³-hybridized carbons (Fsp3) is 0.0588. The molecule has 134 valence electrons. The Balaban J connectivity index is 1.80. The lowest BCUT2D eigenvalue weighted by molar-refractivity contribution is 0.415. The number of benzene rings is 2. The summed E-state index contributed by atoms with van der Waals surface area (Å²) in [6.45, 7) is 0. The summed E-state index contributed by atoms with van der Waals surface area (Å²) in [4.78, 5) is 7.96. The van der Waals surface area contributed by atoms with Crippen molar-refractivity contribution in [2.24, 2.45) is 0 Å². The molecule has 0 saturated heterocycles. The number of rotatable bonds is 5. The first kappa shape index (κ1) is 17.8. The second kappa shape index (κ2) is 7.49. The molecule has 1 aromatic heterocycles. The van der Waals surface area contributed by atoms with Crippen molar-refractivity contribution >= 4 is 34.6 Å². The molecule has 3 aromatic rings. The lowest BCUT2D eigenvalue weighted by atomic mass is 10.2. The first-order valence-corrected chi connectivity index (χ1v) is 7.69. The van der Waals surface area contributed by atoms with E-state index in [1.165, 1.54) is 19.5 Å². The van der Waals surface area contributed by atoms with E-state index >= 15 is 0 Å². The lowest BCUT2D eigenvalue weighted by Gasteiger charge is -2.11. The van der Waals surface area contributed by atoms with Crippen LogP contribution in [-0.4, -0.2) is 17.1 Å². The molecule has 0 amide bonds. The van der Waals surface area contributed by atoms with Crippen LogP contribution in [0.3, 0.4) is 0 Å². The number of methoxy groups -OCH3 is 1. The Morgan fingerprint density at radius 3 is 2.35 bits per heavy atom. The van der Waals surface area contributed by atoms with Gasteiger partial charge in [-0.25, -0.2) is 23.1 Å². The number of nitrogens with zero attached hydrogens (tertiary/aromatic N) is 2. The molecule has 9 heteroatoms. The molecule has 0 spiro atoms. The highest BCUT2D eigenvalue weighted by Crippen LogP contribution is 2.29. The predicted octanol–water partition coefficient (Wildman–Crippen LogP) is 5.04. The molecule has 0 fully saturated rings. The Morgan fingerprint density at radius 2 is 1.65 bits per heavy atom. The summed E-state index contributed by atoms with van der Waals surface area (Å²) in [5.74, 6) is -3.07. The number of aromatic nitrogens is 2. The molecule has 0 aliphatic carbocycles. The number of anilines is 4. The first-order chi connectivity index (χ1) is 12.5. The maximum absolute atomic E-state index is 13.7. The molecule has 3 rings (SSSR count). The number of hydrogen-bond donors (Lipinski definition) is 2. The molecule has 2 N–H and O–H groups in total. The van der Waals surface area contributed by atoms with E-state index in [-0.39, 0.29) is 11.5 Å². The standard InChI is InChI=1S/C17H12ClF3N4O/c1-26-13-5-2-9(6-10(13)18)24-14-7-15(23-8-22-14)25-12-4-3-11(19)16(20)17(12)21/h2-8H,1H3,(H2,22,23,24,25). The molecule has 0 atom stereocenters. The SMILES string of the molecule is COc1ccc(Nc2cc(Nc3ccc(F)c(F)c3F)ncn2)cc1Cl. The topological polar surface area (TPSA) is 59.1 Å². The first-order valence-electron chi connectivity index (χ1n) is 7.31. The van der Waals surface area contributed by atoms with Crippen LogP contribution in [-0.2, 0) is 0 Å². The molecule has 0 radical (unpaired) electrons. The van der Waals surface area contributed by atoms with Crippen LogP contribution in [0.25, 0.3) is 0 Å². The van der Waals surface area contributed by atoms with E-state index in [2.05, 4.69) is 20.6 Å². The summed E-state index contributed by atoms with van der Waals surface area (Å²) < 4.78 is 45.1. The monoisotopic (exact) mass is 380 g/mol. The Bertz CT molecular complexity index is 955. The molecule has 0 bridgehead atoms. The van der Waals surface area contributed by atoms with Gasteiger partial charge in [-0.3, -0.25) is 0 Å². The van der Waals surface area contributed by atoms with Gasteiger partial charge in [0.15, 0.2) is 17.5 Å². The van der Waals surface area contributed by atoms with E-state index < -0.39 is 17.5 Å². The Labute approximate surface area is 151 Å². The van der Waals surface area contributed by atoms with Gasteiger partial charge in [0.05, 0.1) is 17.8 Å². The van der Waals surface area contributed by atoms with Crippen molar-refractivity contribution in [2.45, 2.75) is 0 Å². The van der Waals surface area contributed by atoms with E-state index in [1.807, 2.05) is 0 Å². The van der Waals surface area contributed by atoms with Crippen LogP contribution in [0.2, 0.25) is 5.02 Å². The van der Waals surface area contributed by atoms with Gasteiger partial charge in [0, 0.05) is 11.8 Å². The van der Waals surface area contributed by atoms with E-state index in [1.54, 1.807) is 18.2 Å². The minimum Gasteiger partial charge on any atom is -0.495 e. The van der Waals surface area contributed by atoms with E-state index in [0.717, 1.165) is 12.1 Å². The quantitative estimate of drug-likeness (QED) is 0.607. The highest BCUT2D eigenvalue weighted by Gasteiger charge is 2.14. The number of halogens is 4. The summed E-state index contributed by atoms with van der Waals surface area (Å²) in [6.07, 6.45) is 1.23. The predicted molar refractivity (Wildman–Crippen MR) is 92.9 cm³/mol. The Morgan fingerprint density at radius 1 is 0.923 bits per heavy atom. The fourth-order valence-electron chi connectivity index (χ4n) is 2.15. The zero-order valence-electron chi connectivity index (χ0n) is 13.4. The minimum absolute atomic E-state index is 0.187. The van der Waals surface area contributed by atoms with Crippen LogP contribution in [0.1, 0.15) is 0 Å². The van der Waals surface area contributed by atoms with Gasteiger partial charge in [-0.15, -0.1) is 0 Å². The second-order valence-corrected chi connectivity index (χ2v) is 5.52. The van der Waals surface area contributed by atoms with E-state index in [9.17, 15) is 13.2 Å². The van der Waals surface area contributed by atoms with Crippen molar-refractivity contribution < 1.29 is 17.9 Å². The zero-order chi connectivity index (χ0) is 18.7. The fourth-order valence-corrected chi connectivity index (χ4v) is 2.40. The Kier molecular flexibility index (Phi) is 5.13. The number of nitrogens with one attached hydrogen (secondary N) is 2. The molecule has 0 saturated carbocycles. The maximum atomic E-state index is 13.7. The normalized spacial score (nSPS) is 10.5. The smallest absolute Gasteiger partial charge is 0.196 e. The largest absolute Gasteiger partial charge is 0.495 e. The Hall–Kier alpha value is -3.00. The number of ether oxygens (including phenoxy) is 1. The van der Waals surface area contributed by atoms with Crippen molar-refractivity contribution in [3.63, 3.8) is 0 Å². The average molecular weight is 381 g/mol. The third-order valence-corrected chi connectivity index (χ3v) is 3.68. The van der Waals surface area contributed by atoms with Crippen molar-refractivity contribution in [2.75, 3.05) is 17.7 Å². The molecule has 0 unspecified atom stereocenters. The van der Waals surface area contributed by atoms with Crippen LogP contribution >= 0.6 is 11.6 Å². The third kappa shape index (κ3) is 3.80. The molecular weight excluding hydrogens is 369 g/mol. The average Bonchev–Trinajstić information content (AvgIpc) is 2.63. The summed E-state index contributed by atoms with van der Waals surface area (Å²) in [5.41, 5.74) is 0.389. The lowest BCUT2D eigenvalue weighted by Crippen LogP contribution is -2.02. The molecule has 1 heterocycles. The molecule has 2 aromatic carbocycles. The summed E-state index contributed by atoms with van der Waals surface area (Å²) in [7, 11) is 1.51. The highest BCUT2D eigenvalue weighted by atomic mass is 35.5. The minimum atomic E-state index is -1.56. The summed E-state index contributed by atoms with van der Waals surface area (Å²) in [6, 6.07) is 8.42. The van der Waals surface area contributed by atoms with Gasteiger partial charge in [-0.05, 0) is 30.3 Å². The van der Waals surface area contributed by atoms with Crippen LogP contribution < -0.4 is 15.4 Å². The highest BCUT2D eigenvalue weighted by molar-refractivity contribution is 6.32. The van der Waals surface area contributed by atoms with Gasteiger partial charge < -0.3 is 15.4 Å². The van der Waals surface area contributed by atoms with Gasteiger partial charge in [0.1, 0.15) is 23.7 Å². The van der Waals surface area contributed by atoms with E-state index in [0.29, 0.717) is 22.3 Å². The molecule has 0 aliphatic heterocycles. The second-order valence-electron chi connectivity index (χ2n) is 5.11. The molecule has 5 nitrogen and oxygen atoms in total. The molecular formula is C17H12ClF3N4O. The van der Waals surface area contributed by atoms with Crippen molar-refractivity contribution in [3.05, 3.63) is 65.2 Å². The van der Waals surface area contributed by atoms with Gasteiger partial charge in [-0.2, -0.15) is 0 Å². The number of hydrogen-bond acceptors (Lipinski definition) is 5. The van der Waals surface area contributed by atoms with Crippen molar-refractivity contribution in [1.29, 1.82) is 0 Å². The van der Waals surface area contributed by atoms with Gasteiger partial charge in [0.25, 0.3) is 0 Å². The summed E-state index contributed by atoms with van der Waals surface area (Å²) >= 11 is 6.06. The molecule has 26 heavy (non-hydrogen) atoms. The van der Waals surface area contributed by atoms with Gasteiger partial charge in [-0.1, -0.05) is 11.6 Å². The van der Waals surface area contributed by atoms with Crippen LogP contribution in [0.5, 0.6) is 5.75 Å². The van der Waals surface area contributed by atoms with Crippen LogP contribution in [0, 0.1) is 17.5 Å². The van der Waals surface area contributed by atoms with Crippen LogP contribution in [0.4, 0.5) is 36.2 Å². The van der Waals surface area contributed by atoms with E-state index in [4.69, 9.17) is 16.3 Å². The third-order valence-electron chi connectivity index (χ3n) is 3.39. The van der Waals surface area contributed by atoms with Crippen molar-refractivity contribution in [1.82, 2.24) is 9.97 Å². The van der Waals surface area contributed by atoms with Crippen LogP contribution in [0.15, 0.2) is 42.7 Å². The van der Waals surface area contributed by atoms with Gasteiger partial charge in [0.2, 0.25) is 0 Å². The summed E-state index contributed by atoms with van der Waals surface area (Å²) in [5, 5.41) is 5.99. The van der Waals surface area contributed by atoms with Crippen molar-refractivity contribution in [3.8, 4) is 5.75 Å². The molecule has 0 aliphatic rings. The van der Waals surface area contributed by atoms with Gasteiger partial charge >= 0.3 is 0 Å². The maximum Gasteiger partial charge on any atom is 0.196 e.